The first-order valence-electron chi connectivity index (χ1n) is 9.18. The molecule has 1 N–H and O–H groups in total. The Morgan fingerprint density at radius 3 is 2.28 bits per heavy atom. The lowest BCUT2D eigenvalue weighted by Crippen LogP contribution is -2.12. The van der Waals surface area contributed by atoms with Crippen LogP contribution in [0.2, 0.25) is 5.02 Å². The zero-order chi connectivity index (χ0) is 23.7. The first kappa shape index (κ1) is 23.7. The predicted octanol–water partition coefficient (Wildman–Crippen LogP) is 6.54. The van der Waals surface area contributed by atoms with Crippen LogP contribution in [-0.2, 0) is 21.8 Å². The summed E-state index contributed by atoms with van der Waals surface area (Å²) in [7, 11) is -3.26. The maximum absolute atomic E-state index is 13.3. The van der Waals surface area contributed by atoms with Crippen molar-refractivity contribution in [1.82, 2.24) is 0 Å². The molecule has 168 valence electrons. The summed E-state index contributed by atoms with van der Waals surface area (Å²) in [5.74, 6) is -1.47. The smallest absolute Gasteiger partial charge is 0.416 e. The van der Waals surface area contributed by atoms with Crippen molar-refractivity contribution in [1.29, 1.82) is 0 Å². The zero-order valence-corrected chi connectivity index (χ0v) is 18.4. The fourth-order valence-corrected chi connectivity index (χ4v) is 5.19. The van der Waals surface area contributed by atoms with Crippen LogP contribution in [0, 0.1) is 0 Å². The number of aliphatic hydroxyl groups excluding tert-OH is 1. The number of benzene rings is 3. The fraction of sp³-hybridized carbons (Fsp3) is 0.130. The van der Waals surface area contributed by atoms with Crippen molar-refractivity contribution < 1.29 is 31.4 Å². The Morgan fingerprint density at radius 1 is 1.06 bits per heavy atom. The molecular formula is C23H18ClF3O4S. The lowest BCUT2D eigenvalue weighted by molar-refractivity contribution is -0.137. The van der Waals surface area contributed by atoms with Gasteiger partial charge in [0, 0.05) is 5.56 Å². The Kier molecular flexibility index (Phi) is 6.57. The molecule has 0 bridgehead atoms. The summed E-state index contributed by atoms with van der Waals surface area (Å²) >= 11 is 5.89. The first-order valence-corrected chi connectivity index (χ1v) is 11.2. The van der Waals surface area contributed by atoms with Gasteiger partial charge in [-0.2, -0.15) is 13.2 Å². The van der Waals surface area contributed by atoms with Gasteiger partial charge in [0.25, 0.3) is 0 Å². The third-order valence-electron chi connectivity index (χ3n) is 4.74. The van der Waals surface area contributed by atoms with Crippen LogP contribution in [0.25, 0.3) is 16.9 Å². The first-order chi connectivity index (χ1) is 14.9. The minimum atomic E-state index is -4.81. The standard InChI is InChI=1S/C23H18ClF3O4S/c1-14(28)19-9-8-16(15-6-4-3-5-7-15)10-17(19)13-32(29,30)21-12-18(23(25,26)27)11-20(24)22(21)31-2/h3-12,28H,1,13H2,2H3. The van der Waals surface area contributed by atoms with E-state index in [0.717, 1.165) is 12.7 Å². The molecule has 0 aliphatic rings. The Labute approximate surface area is 188 Å². The number of sulfone groups is 1. The van der Waals surface area contributed by atoms with Crippen LogP contribution in [-0.4, -0.2) is 20.6 Å². The largest absolute Gasteiger partial charge is 0.508 e. The van der Waals surface area contributed by atoms with Gasteiger partial charge in [-0.05, 0) is 34.9 Å². The van der Waals surface area contributed by atoms with Gasteiger partial charge in [-0.1, -0.05) is 60.6 Å². The molecule has 0 saturated heterocycles. The molecule has 3 aromatic carbocycles. The second-order valence-electron chi connectivity index (χ2n) is 6.93. The van der Waals surface area contributed by atoms with Crippen molar-refractivity contribution in [2.75, 3.05) is 7.11 Å². The second-order valence-corrected chi connectivity index (χ2v) is 9.30. The van der Waals surface area contributed by atoms with Gasteiger partial charge in [-0.15, -0.1) is 0 Å². The van der Waals surface area contributed by atoms with Crippen LogP contribution >= 0.6 is 11.6 Å². The Morgan fingerprint density at radius 2 is 1.72 bits per heavy atom. The zero-order valence-electron chi connectivity index (χ0n) is 16.8. The average Bonchev–Trinajstić information content (AvgIpc) is 2.72. The van der Waals surface area contributed by atoms with Crippen molar-refractivity contribution in [2.24, 2.45) is 0 Å². The van der Waals surface area contributed by atoms with Crippen LogP contribution in [0.1, 0.15) is 16.7 Å². The van der Waals surface area contributed by atoms with Crippen LogP contribution in [0.3, 0.4) is 0 Å². The van der Waals surface area contributed by atoms with Crippen molar-refractivity contribution in [2.45, 2.75) is 16.8 Å². The SMILES string of the molecule is C=C(O)c1ccc(-c2ccccc2)cc1CS(=O)(=O)c1cc(C(F)(F)F)cc(Cl)c1OC. The van der Waals surface area contributed by atoms with Gasteiger partial charge in [0.15, 0.2) is 15.6 Å². The van der Waals surface area contributed by atoms with Gasteiger partial charge in [0.2, 0.25) is 0 Å². The number of rotatable bonds is 6. The van der Waals surface area contributed by atoms with E-state index in [-0.39, 0.29) is 22.6 Å². The third kappa shape index (κ3) is 4.92. The normalized spacial score (nSPS) is 11.9. The number of halogens is 4. The molecule has 3 rings (SSSR count). The number of hydrogen-bond acceptors (Lipinski definition) is 4. The molecule has 32 heavy (non-hydrogen) atoms. The van der Waals surface area contributed by atoms with Gasteiger partial charge in [-0.25, -0.2) is 8.42 Å². The summed E-state index contributed by atoms with van der Waals surface area (Å²) < 4.78 is 71.2. The Hall–Kier alpha value is -2.97. The molecule has 0 atom stereocenters. The van der Waals surface area contributed by atoms with Gasteiger partial charge in [0.1, 0.15) is 10.7 Å². The van der Waals surface area contributed by atoms with E-state index < -0.39 is 37.2 Å². The summed E-state index contributed by atoms with van der Waals surface area (Å²) in [6, 6.07) is 14.9. The summed E-state index contributed by atoms with van der Waals surface area (Å²) in [4.78, 5) is -0.695. The van der Waals surface area contributed by atoms with E-state index >= 15 is 0 Å². The molecule has 0 aromatic heterocycles. The minimum Gasteiger partial charge on any atom is -0.508 e. The van der Waals surface area contributed by atoms with Crippen LogP contribution in [0.15, 0.2) is 72.1 Å². The van der Waals surface area contributed by atoms with Crippen molar-refractivity contribution >= 4 is 27.2 Å². The molecule has 0 saturated carbocycles. The van der Waals surface area contributed by atoms with E-state index in [0.29, 0.717) is 17.7 Å². The van der Waals surface area contributed by atoms with Gasteiger partial charge >= 0.3 is 6.18 Å². The van der Waals surface area contributed by atoms with E-state index in [1.807, 2.05) is 18.2 Å². The van der Waals surface area contributed by atoms with E-state index in [4.69, 9.17) is 16.3 Å². The summed E-state index contributed by atoms with van der Waals surface area (Å²) in [6.07, 6.45) is -4.81. The maximum atomic E-state index is 13.3. The topological polar surface area (TPSA) is 63.6 Å². The quantitative estimate of drug-likeness (QED) is 0.405. The van der Waals surface area contributed by atoms with E-state index in [9.17, 15) is 26.7 Å². The molecule has 0 radical (unpaired) electrons. The maximum Gasteiger partial charge on any atom is 0.416 e. The molecule has 0 fully saturated rings. The second kappa shape index (κ2) is 8.88. The highest BCUT2D eigenvalue weighted by Gasteiger charge is 2.35. The molecule has 3 aromatic rings. The summed E-state index contributed by atoms with van der Waals surface area (Å²) in [5, 5.41) is 9.46. The molecule has 0 aliphatic heterocycles. The average molecular weight is 483 g/mol. The molecule has 0 spiro atoms. The molecule has 0 amide bonds. The third-order valence-corrected chi connectivity index (χ3v) is 6.69. The molecule has 0 aliphatic carbocycles. The van der Waals surface area contributed by atoms with E-state index in [1.165, 1.54) is 6.07 Å². The molecule has 0 heterocycles. The van der Waals surface area contributed by atoms with Crippen LogP contribution < -0.4 is 4.74 Å². The highest BCUT2D eigenvalue weighted by molar-refractivity contribution is 7.90. The highest BCUT2D eigenvalue weighted by atomic mass is 35.5. The predicted molar refractivity (Wildman–Crippen MR) is 117 cm³/mol. The van der Waals surface area contributed by atoms with E-state index in [2.05, 4.69) is 6.58 Å². The van der Waals surface area contributed by atoms with Crippen molar-refractivity contribution in [3.05, 3.63) is 89.0 Å². The molecule has 4 nitrogen and oxygen atoms in total. The van der Waals surface area contributed by atoms with E-state index in [1.54, 1.807) is 24.3 Å². The minimum absolute atomic E-state index is 0.158. The Balaban J connectivity index is 2.16. The molecule has 9 heteroatoms. The number of aliphatic hydroxyl groups is 1. The fourth-order valence-electron chi connectivity index (χ4n) is 3.25. The summed E-state index contributed by atoms with van der Waals surface area (Å²) in [6.45, 7) is 3.45. The highest BCUT2D eigenvalue weighted by Crippen LogP contribution is 2.40. The van der Waals surface area contributed by atoms with Gasteiger partial charge in [-0.3, -0.25) is 0 Å². The van der Waals surface area contributed by atoms with Crippen molar-refractivity contribution in [3.63, 3.8) is 0 Å². The lowest BCUT2D eigenvalue weighted by Gasteiger charge is -2.16. The number of methoxy groups -OCH3 is 1. The summed E-state index contributed by atoms with van der Waals surface area (Å²) in [5.41, 5.74) is 0.558. The van der Waals surface area contributed by atoms with Gasteiger partial charge in [0.05, 0.1) is 23.4 Å². The number of ether oxygens (including phenoxy) is 1. The monoisotopic (exact) mass is 482 g/mol. The Bertz CT molecular complexity index is 1270. The van der Waals surface area contributed by atoms with Gasteiger partial charge < -0.3 is 9.84 Å². The van der Waals surface area contributed by atoms with Crippen molar-refractivity contribution in [3.8, 4) is 16.9 Å². The number of hydrogen-bond donors (Lipinski definition) is 1. The molecule has 0 unspecified atom stereocenters. The molecular weight excluding hydrogens is 465 g/mol. The lowest BCUT2D eigenvalue weighted by atomic mass is 9.99. The number of alkyl halides is 3. The van der Waals surface area contributed by atoms with Crippen LogP contribution in [0.5, 0.6) is 5.75 Å². The van der Waals surface area contributed by atoms with Crippen LogP contribution in [0.4, 0.5) is 13.2 Å².